The smallest absolute Gasteiger partial charge is 0.305 e. The highest BCUT2D eigenvalue weighted by atomic mass is 16.5. The van der Waals surface area contributed by atoms with Gasteiger partial charge in [0, 0.05) is 12.8 Å². The van der Waals surface area contributed by atoms with E-state index in [9.17, 15) is 19.8 Å². The molecule has 0 saturated heterocycles. The number of carbonyl (C=O) groups excluding carboxylic acids is 2. The lowest BCUT2D eigenvalue weighted by Crippen LogP contribution is -2.45. The third kappa shape index (κ3) is 67.5. The number of ether oxygens (including phenoxy) is 1. The quantitative estimate of drug-likeness (QED) is 0.0320. The van der Waals surface area contributed by atoms with Crippen molar-refractivity contribution in [2.45, 2.75) is 437 Å². The second-order valence-electron chi connectivity index (χ2n) is 26.0. The zero-order valence-electron chi connectivity index (χ0n) is 55.8. The fourth-order valence-electron chi connectivity index (χ4n) is 12.0. The average Bonchev–Trinajstić information content (AvgIpc) is 3.48. The molecule has 0 spiro atoms. The van der Waals surface area contributed by atoms with E-state index in [0.717, 1.165) is 38.5 Å². The number of hydrogen-bond donors (Lipinski definition) is 3. The Hall–Kier alpha value is -1.66. The summed E-state index contributed by atoms with van der Waals surface area (Å²) >= 11 is 0. The summed E-state index contributed by atoms with van der Waals surface area (Å²) in [6, 6.07) is -0.626. The number of hydrogen-bond acceptors (Lipinski definition) is 5. The molecule has 2 unspecified atom stereocenters. The van der Waals surface area contributed by atoms with Crippen molar-refractivity contribution in [2.24, 2.45) is 0 Å². The van der Waals surface area contributed by atoms with Gasteiger partial charge >= 0.3 is 5.97 Å². The van der Waals surface area contributed by atoms with Crippen LogP contribution in [0.5, 0.6) is 0 Å². The lowest BCUT2D eigenvalue weighted by atomic mass is 10.0. The number of nitrogens with one attached hydrogen (secondary N) is 1. The molecule has 0 heterocycles. The summed E-state index contributed by atoms with van der Waals surface area (Å²) in [6.07, 6.45) is 91.4. The molecular formula is C76H147NO5. The maximum atomic E-state index is 12.5. The lowest BCUT2D eigenvalue weighted by Gasteiger charge is -2.20. The van der Waals surface area contributed by atoms with Gasteiger partial charge in [-0.05, 0) is 57.8 Å². The minimum Gasteiger partial charge on any atom is -0.466 e. The second-order valence-corrected chi connectivity index (χ2v) is 26.0. The molecule has 2 atom stereocenters. The lowest BCUT2D eigenvalue weighted by molar-refractivity contribution is -0.143. The Morgan fingerprint density at radius 2 is 0.573 bits per heavy atom. The first-order chi connectivity index (χ1) is 40.5. The van der Waals surface area contributed by atoms with Gasteiger partial charge in [-0.3, -0.25) is 9.59 Å². The zero-order valence-corrected chi connectivity index (χ0v) is 55.8. The molecule has 0 aliphatic carbocycles. The Kier molecular flexibility index (Phi) is 70.4. The van der Waals surface area contributed by atoms with Gasteiger partial charge in [-0.15, -0.1) is 0 Å². The van der Waals surface area contributed by atoms with Crippen LogP contribution in [0.15, 0.2) is 24.3 Å². The number of carbonyl (C=O) groups is 2. The monoisotopic (exact) mass is 1150 g/mol. The molecule has 0 aliphatic rings. The van der Waals surface area contributed by atoms with Crippen molar-refractivity contribution in [1.82, 2.24) is 5.32 Å². The van der Waals surface area contributed by atoms with Gasteiger partial charge < -0.3 is 20.3 Å². The van der Waals surface area contributed by atoms with Crippen LogP contribution >= 0.6 is 0 Å². The SMILES string of the molecule is CCCCCCCCCCCCCCCC/C=C/C(O)C(CO)NC(=O)CCCCCCCCCCCCCCCCC/C=C\CCCCCCCCCCCCCCOC(=O)CCCCCCCCCCCCCCCCCCCC. The van der Waals surface area contributed by atoms with Crippen LogP contribution in [-0.4, -0.2) is 47.4 Å². The number of unbranched alkanes of at least 4 members (excludes halogenated alkanes) is 58. The molecule has 6 nitrogen and oxygen atoms in total. The van der Waals surface area contributed by atoms with E-state index in [1.165, 1.54) is 360 Å². The van der Waals surface area contributed by atoms with Crippen LogP contribution < -0.4 is 5.32 Å². The van der Waals surface area contributed by atoms with Crippen LogP contribution in [0, 0.1) is 0 Å². The number of rotatable bonds is 71. The Balaban J connectivity index is 3.35. The topological polar surface area (TPSA) is 95.9 Å². The molecule has 0 radical (unpaired) electrons. The molecule has 6 heteroatoms. The Bertz CT molecular complexity index is 1280. The molecule has 3 N–H and O–H groups in total. The molecule has 0 rings (SSSR count). The molecule has 0 saturated carbocycles. The first-order valence-electron chi connectivity index (χ1n) is 37.6. The number of esters is 1. The van der Waals surface area contributed by atoms with Crippen molar-refractivity contribution in [2.75, 3.05) is 13.2 Å². The Labute approximate surface area is 513 Å². The predicted molar refractivity (Wildman–Crippen MR) is 361 cm³/mol. The predicted octanol–water partition coefficient (Wildman–Crippen LogP) is 24.5. The van der Waals surface area contributed by atoms with Crippen molar-refractivity contribution in [3.8, 4) is 0 Å². The molecule has 0 aromatic carbocycles. The van der Waals surface area contributed by atoms with Crippen molar-refractivity contribution in [3.63, 3.8) is 0 Å². The molecule has 0 aromatic rings. The zero-order chi connectivity index (χ0) is 59.2. The number of aliphatic hydroxyl groups is 2. The van der Waals surface area contributed by atoms with E-state index in [1.807, 2.05) is 6.08 Å². The highest BCUT2D eigenvalue weighted by Gasteiger charge is 2.18. The van der Waals surface area contributed by atoms with Gasteiger partial charge in [0.15, 0.2) is 0 Å². The van der Waals surface area contributed by atoms with Crippen LogP contribution in [0.1, 0.15) is 425 Å². The van der Waals surface area contributed by atoms with Gasteiger partial charge in [0.1, 0.15) is 0 Å². The average molecular weight is 1160 g/mol. The van der Waals surface area contributed by atoms with Crippen LogP contribution in [0.4, 0.5) is 0 Å². The minimum absolute atomic E-state index is 0.0227. The summed E-state index contributed by atoms with van der Waals surface area (Å²) in [7, 11) is 0. The Morgan fingerprint density at radius 3 is 0.866 bits per heavy atom. The van der Waals surface area contributed by atoms with Crippen LogP contribution in [0.2, 0.25) is 0 Å². The summed E-state index contributed by atoms with van der Waals surface area (Å²) in [4.78, 5) is 24.6. The third-order valence-electron chi connectivity index (χ3n) is 17.7. The van der Waals surface area contributed by atoms with E-state index in [-0.39, 0.29) is 18.5 Å². The minimum atomic E-state index is -0.843. The second kappa shape index (κ2) is 71.8. The summed E-state index contributed by atoms with van der Waals surface area (Å²) in [5, 5.41) is 23.2. The number of allylic oxidation sites excluding steroid dienone is 3. The van der Waals surface area contributed by atoms with Gasteiger partial charge in [-0.2, -0.15) is 0 Å². The van der Waals surface area contributed by atoms with Crippen molar-refractivity contribution >= 4 is 11.9 Å². The molecule has 0 aliphatic heterocycles. The summed E-state index contributed by atoms with van der Waals surface area (Å²) in [5.41, 5.74) is 0. The van der Waals surface area contributed by atoms with Gasteiger partial charge in [-0.1, -0.05) is 378 Å². The number of amides is 1. The van der Waals surface area contributed by atoms with Crippen molar-refractivity contribution < 1.29 is 24.5 Å². The summed E-state index contributed by atoms with van der Waals surface area (Å²) in [6.45, 7) is 4.95. The van der Waals surface area contributed by atoms with Crippen LogP contribution in [0.25, 0.3) is 0 Å². The molecule has 486 valence electrons. The summed E-state index contributed by atoms with van der Waals surface area (Å²) < 4.78 is 5.51. The van der Waals surface area contributed by atoms with Crippen molar-refractivity contribution in [3.05, 3.63) is 24.3 Å². The van der Waals surface area contributed by atoms with Gasteiger partial charge in [0.2, 0.25) is 5.91 Å². The normalized spacial score (nSPS) is 12.6. The van der Waals surface area contributed by atoms with E-state index >= 15 is 0 Å². The maximum Gasteiger partial charge on any atom is 0.305 e. The van der Waals surface area contributed by atoms with Crippen LogP contribution in [-0.2, 0) is 14.3 Å². The third-order valence-corrected chi connectivity index (χ3v) is 17.7. The van der Waals surface area contributed by atoms with E-state index in [0.29, 0.717) is 19.4 Å². The molecule has 1 amide bonds. The fraction of sp³-hybridized carbons (Fsp3) is 0.921. The Morgan fingerprint density at radius 1 is 0.329 bits per heavy atom. The molecule has 82 heavy (non-hydrogen) atoms. The van der Waals surface area contributed by atoms with E-state index < -0.39 is 12.1 Å². The van der Waals surface area contributed by atoms with Gasteiger partial charge in [0.05, 0.1) is 25.4 Å². The van der Waals surface area contributed by atoms with Crippen molar-refractivity contribution in [1.29, 1.82) is 0 Å². The first-order valence-corrected chi connectivity index (χ1v) is 37.6. The summed E-state index contributed by atoms with van der Waals surface area (Å²) in [5.74, 6) is -0.0401. The van der Waals surface area contributed by atoms with E-state index in [4.69, 9.17) is 4.74 Å². The van der Waals surface area contributed by atoms with E-state index in [1.54, 1.807) is 6.08 Å². The highest BCUT2D eigenvalue weighted by molar-refractivity contribution is 5.76. The largest absolute Gasteiger partial charge is 0.466 e. The van der Waals surface area contributed by atoms with Gasteiger partial charge in [-0.25, -0.2) is 0 Å². The van der Waals surface area contributed by atoms with E-state index in [2.05, 4.69) is 31.3 Å². The molecule has 0 aromatic heterocycles. The first kappa shape index (κ1) is 80.3. The fourth-order valence-corrected chi connectivity index (χ4v) is 12.0. The van der Waals surface area contributed by atoms with Gasteiger partial charge in [0.25, 0.3) is 0 Å². The molecular weight excluding hydrogens is 1010 g/mol. The number of aliphatic hydroxyl groups excluding tert-OH is 2. The van der Waals surface area contributed by atoms with Crippen LogP contribution in [0.3, 0.4) is 0 Å². The molecule has 0 bridgehead atoms. The standard InChI is InChI=1S/C76H147NO5/c1-3-5-7-9-11-13-15-17-19-21-38-42-46-50-54-58-62-66-70-76(81)82-71-67-63-59-55-51-47-43-39-36-34-32-30-28-26-24-22-23-25-27-29-31-33-35-37-41-45-49-53-57-61-65-69-75(80)77-73(72-78)74(79)68-64-60-56-52-48-44-40-20-18-16-14-12-10-8-6-4-2/h24,26,64,68,73-74,78-79H,3-23,25,27-63,65-67,69-72H2,1-2H3,(H,77,80)/b26-24-,68-64+. The maximum absolute atomic E-state index is 12.5. The highest BCUT2D eigenvalue weighted by Crippen LogP contribution is 2.19. The molecule has 0 fully saturated rings.